The molecule has 0 radical (unpaired) electrons. The van der Waals surface area contributed by atoms with Gasteiger partial charge in [-0.3, -0.25) is 0 Å². The van der Waals surface area contributed by atoms with E-state index in [4.69, 9.17) is 15.2 Å². The van der Waals surface area contributed by atoms with Crippen molar-refractivity contribution in [1.82, 2.24) is 4.98 Å². The Balaban J connectivity index is 2.11. The molecule has 0 amide bonds. The zero-order valence-corrected chi connectivity index (χ0v) is 11.3. The first kappa shape index (κ1) is 13.8. The van der Waals surface area contributed by atoms with Gasteiger partial charge in [-0.15, -0.1) is 0 Å². The average molecular weight is 260 g/mol. The van der Waals surface area contributed by atoms with Crippen LogP contribution in [0.4, 0.5) is 0 Å². The summed E-state index contributed by atoms with van der Waals surface area (Å²) >= 11 is 0. The monoisotopic (exact) mass is 260 g/mol. The number of benzene rings is 1. The fraction of sp³-hybridized carbons (Fsp3) is 0.400. The summed E-state index contributed by atoms with van der Waals surface area (Å²) in [4.78, 5) is 4.43. The first-order chi connectivity index (χ1) is 9.35. The molecule has 19 heavy (non-hydrogen) atoms. The minimum atomic E-state index is 0.410. The van der Waals surface area contributed by atoms with E-state index in [9.17, 15) is 0 Å². The van der Waals surface area contributed by atoms with E-state index >= 15 is 0 Å². The molecule has 1 heterocycles. The minimum Gasteiger partial charge on any atom is -0.475 e. The van der Waals surface area contributed by atoms with E-state index in [1.165, 1.54) is 0 Å². The maximum Gasteiger partial charge on any atom is 0.221 e. The lowest BCUT2D eigenvalue weighted by Crippen LogP contribution is -2.09. The van der Waals surface area contributed by atoms with Gasteiger partial charge in [0.1, 0.15) is 6.61 Å². The van der Waals surface area contributed by atoms with Gasteiger partial charge in [-0.25, -0.2) is 4.98 Å². The van der Waals surface area contributed by atoms with Crippen LogP contribution in [-0.4, -0.2) is 24.8 Å². The summed E-state index contributed by atoms with van der Waals surface area (Å²) in [6.45, 7) is 4.34. The van der Waals surface area contributed by atoms with Crippen molar-refractivity contribution >= 4 is 10.8 Å². The molecular weight excluding hydrogens is 240 g/mol. The second-order valence-corrected chi connectivity index (χ2v) is 4.30. The predicted octanol–water partition coefficient (Wildman–Crippen LogP) is 2.50. The van der Waals surface area contributed by atoms with Crippen LogP contribution in [0, 0.1) is 0 Å². The molecule has 4 nitrogen and oxygen atoms in total. The third-order valence-corrected chi connectivity index (χ3v) is 2.78. The molecule has 102 valence electrons. The van der Waals surface area contributed by atoms with Gasteiger partial charge >= 0.3 is 0 Å². The first-order valence-electron chi connectivity index (χ1n) is 6.64. The number of rotatable bonds is 7. The van der Waals surface area contributed by atoms with E-state index < -0.39 is 0 Å². The van der Waals surface area contributed by atoms with E-state index in [1.54, 1.807) is 0 Å². The van der Waals surface area contributed by atoms with Crippen LogP contribution in [0.15, 0.2) is 30.3 Å². The summed E-state index contributed by atoms with van der Waals surface area (Å²) in [5, 5.41) is 2.11. The van der Waals surface area contributed by atoms with Crippen molar-refractivity contribution in [2.24, 2.45) is 5.73 Å². The highest BCUT2D eigenvalue weighted by atomic mass is 16.5. The molecule has 0 fully saturated rings. The molecule has 0 aliphatic carbocycles. The van der Waals surface area contributed by atoms with Crippen molar-refractivity contribution in [2.75, 3.05) is 19.8 Å². The summed E-state index contributed by atoms with van der Waals surface area (Å²) in [6.07, 6.45) is 1.02. The van der Waals surface area contributed by atoms with Gasteiger partial charge in [-0.05, 0) is 23.9 Å². The Kier molecular flexibility index (Phi) is 5.12. The molecule has 0 saturated heterocycles. The lowest BCUT2D eigenvalue weighted by molar-refractivity contribution is 0.0995. The Hall–Kier alpha value is -1.65. The highest BCUT2D eigenvalue weighted by molar-refractivity contribution is 5.87. The highest BCUT2D eigenvalue weighted by Crippen LogP contribution is 2.24. The van der Waals surface area contributed by atoms with Crippen LogP contribution in [0.1, 0.15) is 19.0 Å². The van der Waals surface area contributed by atoms with E-state index in [1.807, 2.05) is 30.3 Å². The number of ether oxygens (including phenoxy) is 2. The van der Waals surface area contributed by atoms with E-state index in [2.05, 4.69) is 11.9 Å². The SMILES string of the molecule is CCCOCCOc1nc(CN)cc2ccccc12. The fourth-order valence-corrected chi connectivity index (χ4v) is 1.88. The molecule has 0 saturated carbocycles. The number of aromatic nitrogens is 1. The summed E-state index contributed by atoms with van der Waals surface area (Å²) in [5.41, 5.74) is 6.50. The van der Waals surface area contributed by atoms with Crippen molar-refractivity contribution in [3.8, 4) is 5.88 Å². The Labute approximate surface area is 113 Å². The Morgan fingerprint density at radius 1 is 1.16 bits per heavy atom. The van der Waals surface area contributed by atoms with Crippen LogP contribution >= 0.6 is 0 Å². The number of hydrogen-bond acceptors (Lipinski definition) is 4. The normalized spacial score (nSPS) is 10.8. The Morgan fingerprint density at radius 2 is 2.00 bits per heavy atom. The summed E-state index contributed by atoms with van der Waals surface area (Å²) in [5.74, 6) is 0.638. The zero-order chi connectivity index (χ0) is 13.5. The predicted molar refractivity (Wildman–Crippen MR) is 76.2 cm³/mol. The summed E-state index contributed by atoms with van der Waals surface area (Å²) in [7, 11) is 0. The number of hydrogen-bond donors (Lipinski definition) is 1. The molecule has 0 unspecified atom stereocenters. The number of nitrogens with two attached hydrogens (primary N) is 1. The molecule has 0 aliphatic rings. The quantitative estimate of drug-likeness (QED) is 0.777. The number of nitrogens with zero attached hydrogens (tertiary/aromatic N) is 1. The van der Waals surface area contributed by atoms with Gasteiger partial charge in [-0.1, -0.05) is 25.1 Å². The minimum absolute atomic E-state index is 0.410. The topological polar surface area (TPSA) is 57.4 Å². The van der Waals surface area contributed by atoms with Gasteiger partial charge in [-0.2, -0.15) is 0 Å². The molecule has 0 spiro atoms. The van der Waals surface area contributed by atoms with Crippen LogP contribution in [0.25, 0.3) is 10.8 Å². The van der Waals surface area contributed by atoms with Gasteiger partial charge in [0, 0.05) is 18.5 Å². The molecule has 0 bridgehead atoms. The van der Waals surface area contributed by atoms with Crippen LogP contribution < -0.4 is 10.5 Å². The third-order valence-electron chi connectivity index (χ3n) is 2.78. The molecular formula is C15H20N2O2. The van der Waals surface area contributed by atoms with Gasteiger partial charge in [0.2, 0.25) is 5.88 Å². The number of fused-ring (bicyclic) bond motifs is 1. The van der Waals surface area contributed by atoms with Crippen molar-refractivity contribution in [3.05, 3.63) is 36.0 Å². The van der Waals surface area contributed by atoms with Gasteiger partial charge in [0.25, 0.3) is 0 Å². The van der Waals surface area contributed by atoms with Gasteiger partial charge in [0.05, 0.1) is 12.3 Å². The standard InChI is InChI=1S/C15H20N2O2/c1-2-7-18-8-9-19-15-14-6-4-3-5-12(14)10-13(11-16)17-15/h3-6,10H,2,7-9,11,16H2,1H3. The maximum absolute atomic E-state index is 5.72. The molecule has 0 atom stereocenters. The molecule has 0 aliphatic heterocycles. The van der Waals surface area contributed by atoms with E-state index in [0.717, 1.165) is 29.5 Å². The highest BCUT2D eigenvalue weighted by Gasteiger charge is 2.06. The van der Waals surface area contributed by atoms with Crippen LogP contribution in [0.3, 0.4) is 0 Å². The van der Waals surface area contributed by atoms with Crippen LogP contribution in [0.5, 0.6) is 5.88 Å². The van der Waals surface area contributed by atoms with Crippen molar-refractivity contribution in [1.29, 1.82) is 0 Å². The molecule has 2 aromatic rings. The smallest absolute Gasteiger partial charge is 0.221 e. The van der Waals surface area contributed by atoms with Crippen molar-refractivity contribution in [3.63, 3.8) is 0 Å². The van der Waals surface area contributed by atoms with Crippen molar-refractivity contribution < 1.29 is 9.47 Å². The van der Waals surface area contributed by atoms with Gasteiger partial charge < -0.3 is 15.2 Å². The average Bonchev–Trinajstić information content (AvgIpc) is 2.46. The van der Waals surface area contributed by atoms with E-state index in [0.29, 0.717) is 25.6 Å². The lowest BCUT2D eigenvalue weighted by Gasteiger charge is -2.10. The molecule has 2 N–H and O–H groups in total. The van der Waals surface area contributed by atoms with Crippen molar-refractivity contribution in [2.45, 2.75) is 19.9 Å². The van der Waals surface area contributed by atoms with Gasteiger partial charge in [0.15, 0.2) is 0 Å². The molecule has 1 aromatic heterocycles. The third kappa shape index (κ3) is 3.66. The second-order valence-electron chi connectivity index (χ2n) is 4.30. The fourth-order valence-electron chi connectivity index (χ4n) is 1.88. The molecule has 4 heteroatoms. The zero-order valence-electron chi connectivity index (χ0n) is 11.3. The van der Waals surface area contributed by atoms with E-state index in [-0.39, 0.29) is 0 Å². The first-order valence-corrected chi connectivity index (χ1v) is 6.64. The summed E-state index contributed by atoms with van der Waals surface area (Å²) in [6, 6.07) is 10.0. The Morgan fingerprint density at radius 3 is 2.79 bits per heavy atom. The maximum atomic E-state index is 5.72. The Bertz CT molecular complexity index is 529. The largest absolute Gasteiger partial charge is 0.475 e. The van der Waals surface area contributed by atoms with Crippen LogP contribution in [-0.2, 0) is 11.3 Å². The van der Waals surface area contributed by atoms with Crippen LogP contribution in [0.2, 0.25) is 0 Å². The molecule has 1 aromatic carbocycles. The second kappa shape index (κ2) is 7.07. The summed E-state index contributed by atoms with van der Waals surface area (Å²) < 4.78 is 11.1. The molecule has 2 rings (SSSR count). The number of pyridine rings is 1. The lowest BCUT2D eigenvalue weighted by atomic mass is 10.1.